The molecule has 0 bridgehead atoms. The first kappa shape index (κ1) is 15.2. The van der Waals surface area contributed by atoms with Crippen molar-refractivity contribution in [3.8, 4) is 0 Å². The van der Waals surface area contributed by atoms with Gasteiger partial charge in [-0.2, -0.15) is 0 Å². The number of nitrogens with zero attached hydrogens (tertiary/aromatic N) is 1. The molecule has 0 aliphatic carbocycles. The minimum Gasteiger partial charge on any atom is -0.311 e. The molecule has 5 nitrogen and oxygen atoms in total. The van der Waals surface area contributed by atoms with Gasteiger partial charge in [0.25, 0.3) is 10.0 Å². The Morgan fingerprint density at radius 1 is 1.17 bits per heavy atom. The average molecular weight is 342 g/mol. The predicted molar refractivity (Wildman–Crippen MR) is 92.8 cm³/mol. The van der Waals surface area contributed by atoms with Gasteiger partial charge in [0.2, 0.25) is 5.91 Å². The zero-order valence-corrected chi connectivity index (χ0v) is 14.1. The van der Waals surface area contributed by atoms with Crippen molar-refractivity contribution in [2.24, 2.45) is 0 Å². The van der Waals surface area contributed by atoms with Crippen LogP contribution in [-0.4, -0.2) is 20.9 Å². The molecule has 1 amide bonds. The highest BCUT2D eigenvalue weighted by Gasteiger charge is 2.38. The molecule has 6 heteroatoms. The summed E-state index contributed by atoms with van der Waals surface area (Å²) in [7, 11) is -3.68. The first-order chi connectivity index (χ1) is 11.5. The van der Waals surface area contributed by atoms with E-state index in [2.05, 4.69) is 4.72 Å². The summed E-state index contributed by atoms with van der Waals surface area (Å²) in [5.74, 6) is -0.222. The molecule has 124 valence electrons. The zero-order valence-electron chi connectivity index (χ0n) is 13.3. The van der Waals surface area contributed by atoms with Crippen LogP contribution in [0.25, 0.3) is 0 Å². The SMILES string of the molecule is C[C@@H]1C(=O)N2CCCc3cc(S(=O)(=O)Nc4ccccc4)cc1c32. The maximum atomic E-state index is 12.7. The van der Waals surface area contributed by atoms with Crippen molar-refractivity contribution in [1.29, 1.82) is 0 Å². The average Bonchev–Trinajstić information content (AvgIpc) is 2.82. The van der Waals surface area contributed by atoms with Crippen molar-refractivity contribution < 1.29 is 13.2 Å². The molecule has 2 aromatic carbocycles. The predicted octanol–water partition coefficient (Wildman–Crippen LogP) is 2.88. The van der Waals surface area contributed by atoms with E-state index in [-0.39, 0.29) is 16.7 Å². The lowest BCUT2D eigenvalue weighted by Gasteiger charge is -2.26. The van der Waals surface area contributed by atoms with Crippen molar-refractivity contribution in [1.82, 2.24) is 0 Å². The second kappa shape index (κ2) is 5.34. The summed E-state index contributed by atoms with van der Waals surface area (Å²) in [5.41, 5.74) is 3.23. The Morgan fingerprint density at radius 2 is 1.92 bits per heavy atom. The second-order valence-electron chi connectivity index (χ2n) is 6.31. The van der Waals surface area contributed by atoms with Crippen molar-refractivity contribution in [2.75, 3.05) is 16.2 Å². The number of hydrogen-bond donors (Lipinski definition) is 1. The molecule has 4 rings (SSSR count). The molecule has 0 saturated heterocycles. The van der Waals surface area contributed by atoms with E-state index in [0.29, 0.717) is 5.69 Å². The summed E-state index contributed by atoms with van der Waals surface area (Å²) in [6.07, 6.45) is 1.66. The Bertz CT molecular complexity index is 923. The molecule has 0 saturated carbocycles. The van der Waals surface area contributed by atoms with E-state index in [1.54, 1.807) is 41.3 Å². The van der Waals surface area contributed by atoms with Crippen LogP contribution in [0.1, 0.15) is 30.4 Å². The number of rotatable bonds is 3. The van der Waals surface area contributed by atoms with Crippen LogP contribution >= 0.6 is 0 Å². The molecule has 1 atom stereocenters. The van der Waals surface area contributed by atoms with Crippen LogP contribution in [0.15, 0.2) is 47.4 Å². The standard InChI is InChI=1S/C18H18N2O3S/c1-12-16-11-15(24(22,23)19-14-7-3-2-4-8-14)10-13-6-5-9-20(17(13)16)18(12)21/h2-4,7-8,10-12,19H,5-6,9H2,1H3/t12-/m0/s1. The lowest BCUT2D eigenvalue weighted by atomic mass is 9.97. The molecule has 2 aliphatic rings. The summed E-state index contributed by atoms with van der Waals surface area (Å²) in [6, 6.07) is 12.2. The van der Waals surface area contributed by atoms with Crippen molar-refractivity contribution in [3.63, 3.8) is 0 Å². The lowest BCUT2D eigenvalue weighted by Crippen LogP contribution is -2.32. The minimum absolute atomic E-state index is 0.0662. The lowest BCUT2D eigenvalue weighted by molar-refractivity contribution is -0.119. The molecular weight excluding hydrogens is 324 g/mol. The fourth-order valence-corrected chi connectivity index (χ4v) is 4.68. The number of nitrogens with one attached hydrogen (secondary N) is 1. The van der Waals surface area contributed by atoms with Gasteiger partial charge in [-0.3, -0.25) is 9.52 Å². The summed E-state index contributed by atoms with van der Waals surface area (Å²) < 4.78 is 28.1. The highest BCUT2D eigenvalue weighted by molar-refractivity contribution is 7.92. The van der Waals surface area contributed by atoms with Crippen LogP contribution in [-0.2, 0) is 21.2 Å². The molecule has 0 fully saturated rings. The normalized spacial score (nSPS) is 19.3. The van der Waals surface area contributed by atoms with Gasteiger partial charge in [0.15, 0.2) is 0 Å². The smallest absolute Gasteiger partial charge is 0.261 e. The fraction of sp³-hybridized carbons (Fsp3) is 0.278. The van der Waals surface area contributed by atoms with E-state index in [1.165, 1.54) is 0 Å². The molecule has 0 unspecified atom stereocenters. The van der Waals surface area contributed by atoms with Gasteiger partial charge in [0.05, 0.1) is 16.5 Å². The number of anilines is 2. The number of benzene rings is 2. The molecule has 1 N–H and O–H groups in total. The van der Waals surface area contributed by atoms with E-state index >= 15 is 0 Å². The fourth-order valence-electron chi connectivity index (χ4n) is 3.54. The first-order valence-electron chi connectivity index (χ1n) is 8.03. The van der Waals surface area contributed by atoms with Gasteiger partial charge in [0.1, 0.15) is 0 Å². The number of amides is 1. The van der Waals surface area contributed by atoms with E-state index in [9.17, 15) is 13.2 Å². The van der Waals surface area contributed by atoms with Crippen LogP contribution < -0.4 is 9.62 Å². The number of para-hydroxylation sites is 1. The van der Waals surface area contributed by atoms with Gasteiger partial charge < -0.3 is 4.90 Å². The summed E-state index contributed by atoms with van der Waals surface area (Å²) in [5, 5.41) is 0. The maximum Gasteiger partial charge on any atom is 0.261 e. The third-order valence-electron chi connectivity index (χ3n) is 4.73. The topological polar surface area (TPSA) is 66.5 Å². The molecular formula is C18H18N2O3S. The van der Waals surface area contributed by atoms with Crippen LogP contribution in [0.2, 0.25) is 0 Å². The van der Waals surface area contributed by atoms with Crippen molar-refractivity contribution >= 4 is 27.3 Å². The number of aryl methyl sites for hydroxylation is 1. The van der Waals surface area contributed by atoms with E-state index < -0.39 is 10.0 Å². The third kappa shape index (κ3) is 2.29. The first-order valence-corrected chi connectivity index (χ1v) is 9.52. The Balaban J connectivity index is 1.79. The molecule has 2 aromatic rings. The van der Waals surface area contributed by atoms with Gasteiger partial charge >= 0.3 is 0 Å². The van der Waals surface area contributed by atoms with Crippen LogP contribution in [0.4, 0.5) is 11.4 Å². The Labute approximate surface area is 141 Å². The quantitative estimate of drug-likeness (QED) is 0.933. The largest absolute Gasteiger partial charge is 0.311 e. The Morgan fingerprint density at radius 3 is 2.67 bits per heavy atom. The summed E-state index contributed by atoms with van der Waals surface area (Å²) in [4.78, 5) is 14.4. The number of hydrogen-bond acceptors (Lipinski definition) is 3. The molecule has 24 heavy (non-hydrogen) atoms. The Hall–Kier alpha value is -2.34. The maximum absolute atomic E-state index is 12.7. The minimum atomic E-state index is -3.68. The van der Waals surface area contributed by atoms with Gasteiger partial charge in [-0.15, -0.1) is 0 Å². The highest BCUT2D eigenvalue weighted by Crippen LogP contribution is 2.44. The monoisotopic (exact) mass is 342 g/mol. The van der Waals surface area contributed by atoms with E-state index in [4.69, 9.17) is 0 Å². The second-order valence-corrected chi connectivity index (χ2v) is 7.99. The third-order valence-corrected chi connectivity index (χ3v) is 6.09. The van der Waals surface area contributed by atoms with Crippen molar-refractivity contribution in [3.05, 3.63) is 53.6 Å². The van der Waals surface area contributed by atoms with Crippen LogP contribution in [0.3, 0.4) is 0 Å². The molecule has 2 heterocycles. The van der Waals surface area contributed by atoms with Crippen LogP contribution in [0, 0.1) is 0 Å². The molecule has 0 aromatic heterocycles. The summed E-state index contributed by atoms with van der Waals surface area (Å²) >= 11 is 0. The molecule has 0 spiro atoms. The summed E-state index contributed by atoms with van der Waals surface area (Å²) in [6.45, 7) is 2.56. The van der Waals surface area contributed by atoms with E-state index in [0.717, 1.165) is 36.2 Å². The van der Waals surface area contributed by atoms with Gasteiger partial charge in [0, 0.05) is 12.2 Å². The Kier molecular flexibility index (Phi) is 3.38. The van der Waals surface area contributed by atoms with E-state index in [1.807, 2.05) is 13.0 Å². The number of sulfonamides is 1. The molecule has 0 radical (unpaired) electrons. The van der Waals surface area contributed by atoms with Gasteiger partial charge in [-0.05, 0) is 55.2 Å². The van der Waals surface area contributed by atoms with Crippen molar-refractivity contribution in [2.45, 2.75) is 30.6 Å². The van der Waals surface area contributed by atoms with Gasteiger partial charge in [-0.1, -0.05) is 18.2 Å². The van der Waals surface area contributed by atoms with Crippen LogP contribution in [0.5, 0.6) is 0 Å². The zero-order chi connectivity index (χ0) is 16.9. The highest BCUT2D eigenvalue weighted by atomic mass is 32.2. The number of carbonyl (C=O) groups excluding carboxylic acids is 1. The molecule has 2 aliphatic heterocycles. The number of carbonyl (C=O) groups is 1. The van der Waals surface area contributed by atoms with Gasteiger partial charge in [-0.25, -0.2) is 8.42 Å².